The van der Waals surface area contributed by atoms with Gasteiger partial charge >= 0.3 is 12.1 Å². The van der Waals surface area contributed by atoms with Crippen molar-refractivity contribution in [2.45, 2.75) is 20.0 Å². The van der Waals surface area contributed by atoms with E-state index in [1.165, 1.54) is 12.1 Å². The Labute approximate surface area is 154 Å². The van der Waals surface area contributed by atoms with Crippen LogP contribution in [-0.2, 0) is 15.7 Å². The van der Waals surface area contributed by atoms with E-state index in [1.807, 2.05) is 13.8 Å². The van der Waals surface area contributed by atoms with Crippen LogP contribution in [0, 0.1) is 13.8 Å². The molecule has 0 saturated heterocycles. The third kappa shape index (κ3) is 4.97. The first kappa shape index (κ1) is 20.2. The molecule has 0 fully saturated rings. The summed E-state index contributed by atoms with van der Waals surface area (Å²) in [7, 11) is 1.14. The van der Waals surface area contributed by atoms with E-state index in [0.29, 0.717) is 5.56 Å². The zero-order valence-corrected chi connectivity index (χ0v) is 15.0. The summed E-state index contributed by atoms with van der Waals surface area (Å²) in [4.78, 5) is 24.6. The number of anilines is 1. The fourth-order valence-corrected chi connectivity index (χ4v) is 2.28. The van der Waals surface area contributed by atoms with E-state index in [4.69, 9.17) is 0 Å². The second-order valence-electron chi connectivity index (χ2n) is 5.90. The van der Waals surface area contributed by atoms with Crippen molar-refractivity contribution in [1.82, 2.24) is 0 Å². The van der Waals surface area contributed by atoms with Gasteiger partial charge in [0, 0.05) is 17.5 Å². The first-order valence-electron chi connectivity index (χ1n) is 7.97. The van der Waals surface area contributed by atoms with Gasteiger partial charge in [-0.25, -0.2) is 4.79 Å². The molecular weight excluding hydrogens is 359 g/mol. The Morgan fingerprint density at radius 2 is 1.63 bits per heavy atom. The van der Waals surface area contributed by atoms with Gasteiger partial charge in [-0.3, -0.25) is 4.79 Å². The van der Waals surface area contributed by atoms with Crippen molar-refractivity contribution in [2.75, 3.05) is 12.4 Å². The lowest BCUT2D eigenvalue weighted by molar-refractivity contribution is -0.137. The van der Waals surface area contributed by atoms with Gasteiger partial charge in [-0.2, -0.15) is 13.2 Å². The summed E-state index contributed by atoms with van der Waals surface area (Å²) in [6.07, 6.45) is -3.31. The molecule has 2 aromatic rings. The monoisotopic (exact) mass is 377 g/mol. The number of halogens is 3. The molecule has 0 heterocycles. The molecule has 0 aromatic heterocycles. The molecule has 0 bridgehead atoms. The van der Waals surface area contributed by atoms with Crippen LogP contribution in [0.3, 0.4) is 0 Å². The van der Waals surface area contributed by atoms with Crippen LogP contribution in [0.2, 0.25) is 0 Å². The Balaban J connectivity index is 2.29. The molecule has 2 rings (SSSR count). The normalized spacial score (nSPS) is 11.9. The highest BCUT2D eigenvalue weighted by molar-refractivity contribution is 6.24. The van der Waals surface area contributed by atoms with Crippen LogP contribution in [0.1, 0.15) is 27.0 Å². The summed E-state index contributed by atoms with van der Waals surface area (Å²) in [5, 5.41) is 2.66. The number of carbonyl (C=O) groups excluding carboxylic acids is 2. The van der Waals surface area contributed by atoms with Crippen LogP contribution in [0.5, 0.6) is 0 Å². The number of hydrogen-bond acceptors (Lipinski definition) is 4. The number of esters is 1. The first-order valence-corrected chi connectivity index (χ1v) is 7.97. The molecule has 0 aliphatic heterocycles. The lowest BCUT2D eigenvalue weighted by atomic mass is 9.99. The van der Waals surface area contributed by atoms with Crippen LogP contribution in [0.15, 0.2) is 54.2 Å². The van der Waals surface area contributed by atoms with E-state index in [9.17, 15) is 22.8 Å². The molecular formula is C20H18F3NO3. The van der Waals surface area contributed by atoms with Gasteiger partial charge in [-0.15, -0.1) is 0 Å². The van der Waals surface area contributed by atoms with Crippen LogP contribution in [-0.4, -0.2) is 18.9 Å². The lowest BCUT2D eigenvalue weighted by Crippen LogP contribution is -2.16. The quantitative estimate of drug-likeness (QED) is 0.270. The van der Waals surface area contributed by atoms with Gasteiger partial charge in [0.05, 0.1) is 12.7 Å². The molecule has 0 amide bonds. The SMILES string of the molecule is COC(=O)C(=CNc1ccc(C(F)(F)F)cc1)C(=O)c1ccc(C)c(C)c1. The predicted molar refractivity (Wildman–Crippen MR) is 95.4 cm³/mol. The fraction of sp³-hybridized carbons (Fsp3) is 0.200. The highest BCUT2D eigenvalue weighted by Crippen LogP contribution is 2.29. The van der Waals surface area contributed by atoms with E-state index in [-0.39, 0.29) is 11.3 Å². The van der Waals surface area contributed by atoms with E-state index < -0.39 is 23.5 Å². The second kappa shape index (κ2) is 8.07. The molecule has 27 heavy (non-hydrogen) atoms. The molecule has 142 valence electrons. The van der Waals surface area contributed by atoms with Gasteiger partial charge in [-0.05, 0) is 55.3 Å². The largest absolute Gasteiger partial charge is 0.465 e. The van der Waals surface area contributed by atoms with Crippen LogP contribution in [0.25, 0.3) is 0 Å². The number of ketones is 1. The van der Waals surface area contributed by atoms with Crippen molar-refractivity contribution in [3.05, 3.63) is 76.5 Å². The molecule has 0 aliphatic carbocycles. The minimum Gasteiger partial charge on any atom is -0.465 e. The number of ether oxygens (including phenoxy) is 1. The van der Waals surface area contributed by atoms with Crippen molar-refractivity contribution in [2.24, 2.45) is 0 Å². The van der Waals surface area contributed by atoms with E-state index in [2.05, 4.69) is 10.1 Å². The number of aryl methyl sites for hydroxylation is 2. The molecule has 0 spiro atoms. The van der Waals surface area contributed by atoms with Crippen molar-refractivity contribution in [3.63, 3.8) is 0 Å². The second-order valence-corrected chi connectivity index (χ2v) is 5.90. The number of alkyl halides is 3. The van der Waals surface area contributed by atoms with E-state index >= 15 is 0 Å². The fourth-order valence-electron chi connectivity index (χ4n) is 2.28. The molecule has 0 unspecified atom stereocenters. The maximum absolute atomic E-state index is 12.7. The maximum Gasteiger partial charge on any atom is 0.416 e. The molecule has 0 atom stereocenters. The zero-order valence-electron chi connectivity index (χ0n) is 15.0. The molecule has 4 nitrogen and oxygen atoms in total. The van der Waals surface area contributed by atoms with Crippen molar-refractivity contribution in [1.29, 1.82) is 0 Å². The summed E-state index contributed by atoms with van der Waals surface area (Å²) in [5.74, 6) is -1.40. The van der Waals surface area contributed by atoms with Gasteiger partial charge in [0.1, 0.15) is 5.57 Å². The first-order chi connectivity index (χ1) is 12.6. The number of nitrogens with one attached hydrogen (secondary N) is 1. The number of methoxy groups -OCH3 is 1. The molecule has 1 N–H and O–H groups in total. The van der Waals surface area contributed by atoms with Gasteiger partial charge < -0.3 is 10.1 Å². The molecule has 2 aromatic carbocycles. The third-order valence-corrected chi connectivity index (χ3v) is 4.01. The predicted octanol–water partition coefficient (Wildman–Crippen LogP) is 4.67. The average molecular weight is 377 g/mol. The van der Waals surface area contributed by atoms with Crippen molar-refractivity contribution in [3.8, 4) is 0 Å². The van der Waals surface area contributed by atoms with Crippen LogP contribution in [0.4, 0.5) is 18.9 Å². The molecule has 0 saturated carbocycles. The Hall–Kier alpha value is -3.09. The molecule has 0 aliphatic rings. The van der Waals surface area contributed by atoms with Crippen LogP contribution >= 0.6 is 0 Å². The molecule has 0 radical (unpaired) electrons. The Morgan fingerprint density at radius 3 is 2.15 bits per heavy atom. The Bertz CT molecular complexity index is 884. The number of carbonyl (C=O) groups is 2. The van der Waals surface area contributed by atoms with Gasteiger partial charge in [0.2, 0.25) is 5.78 Å². The summed E-state index contributed by atoms with van der Waals surface area (Å²) in [6.45, 7) is 3.74. The smallest absolute Gasteiger partial charge is 0.416 e. The van der Waals surface area contributed by atoms with Gasteiger partial charge in [0.15, 0.2) is 0 Å². The lowest BCUT2D eigenvalue weighted by Gasteiger charge is -2.09. The number of Topliss-reactive ketones (excluding diaryl/α,β-unsaturated/α-hetero) is 1. The number of rotatable bonds is 5. The van der Waals surface area contributed by atoms with Crippen LogP contribution < -0.4 is 5.32 Å². The number of benzene rings is 2. The highest BCUT2D eigenvalue weighted by atomic mass is 19.4. The highest BCUT2D eigenvalue weighted by Gasteiger charge is 2.30. The average Bonchev–Trinajstić information content (AvgIpc) is 2.63. The van der Waals surface area contributed by atoms with Crippen molar-refractivity contribution < 1.29 is 27.5 Å². The minimum atomic E-state index is -4.44. The third-order valence-electron chi connectivity index (χ3n) is 4.01. The summed E-state index contributed by atoms with van der Waals surface area (Å²) in [6, 6.07) is 9.23. The summed E-state index contributed by atoms with van der Waals surface area (Å²) < 4.78 is 42.4. The minimum absolute atomic E-state index is 0.263. The van der Waals surface area contributed by atoms with Gasteiger partial charge in [-0.1, -0.05) is 12.1 Å². The van der Waals surface area contributed by atoms with E-state index in [0.717, 1.165) is 36.6 Å². The topological polar surface area (TPSA) is 55.4 Å². The maximum atomic E-state index is 12.7. The standard InChI is InChI=1S/C20H18F3NO3/c1-12-4-5-14(10-13(12)2)18(25)17(19(26)27-3)11-24-16-8-6-15(7-9-16)20(21,22)23/h4-11,24H,1-3H3. The number of hydrogen-bond donors (Lipinski definition) is 1. The summed E-state index contributed by atoms with van der Waals surface area (Å²) >= 11 is 0. The Kier molecular flexibility index (Phi) is 6.05. The van der Waals surface area contributed by atoms with Gasteiger partial charge in [0.25, 0.3) is 0 Å². The molecule has 7 heteroatoms. The zero-order chi connectivity index (χ0) is 20.2. The van der Waals surface area contributed by atoms with Crippen molar-refractivity contribution >= 4 is 17.4 Å². The van der Waals surface area contributed by atoms with E-state index in [1.54, 1.807) is 18.2 Å². The Morgan fingerprint density at radius 1 is 1.00 bits per heavy atom. The summed E-state index contributed by atoms with van der Waals surface area (Å²) in [5.41, 5.74) is 1.43.